The normalized spacial score (nSPS) is 19.4. The topological polar surface area (TPSA) is 96.0 Å². The lowest BCUT2D eigenvalue weighted by atomic mass is 9.95. The number of methoxy groups -OCH3 is 1. The fraction of sp³-hybridized carbons (Fsp3) is 0.417. The monoisotopic (exact) mass is 473 g/mol. The fourth-order valence-corrected chi connectivity index (χ4v) is 5.39. The maximum absolute atomic E-state index is 13.4. The van der Waals surface area contributed by atoms with Crippen molar-refractivity contribution in [3.63, 3.8) is 0 Å². The Morgan fingerprint density at radius 1 is 1.12 bits per heavy atom. The summed E-state index contributed by atoms with van der Waals surface area (Å²) in [6.07, 6.45) is 1.57. The maximum Gasteiger partial charge on any atom is 0.247 e. The molecule has 0 aliphatic carbocycles. The molecule has 0 unspecified atom stereocenters. The number of carbonyl (C=O) groups is 2. The lowest BCUT2D eigenvalue weighted by Crippen LogP contribution is -2.69. The summed E-state index contributed by atoms with van der Waals surface area (Å²) in [7, 11) is -2.49. The molecule has 9 heteroatoms. The molecule has 1 aliphatic rings. The second-order valence-electron chi connectivity index (χ2n) is 8.29. The van der Waals surface area contributed by atoms with Gasteiger partial charge in [0.1, 0.15) is 11.3 Å². The Balaban J connectivity index is 1.88. The highest BCUT2D eigenvalue weighted by Gasteiger charge is 2.50. The zero-order chi connectivity index (χ0) is 24.1. The first kappa shape index (κ1) is 24.7. The minimum absolute atomic E-state index is 0.0464. The molecule has 3 rings (SSSR count). The number of carbonyl (C=O) groups excluding carboxylic acids is 2. The Labute approximate surface area is 195 Å². The molecule has 0 spiro atoms. The van der Waals surface area contributed by atoms with Crippen LogP contribution in [0.1, 0.15) is 32.3 Å². The zero-order valence-corrected chi connectivity index (χ0v) is 20.1. The summed E-state index contributed by atoms with van der Waals surface area (Å²) in [6.45, 7) is 3.88. The number of hydrogen-bond acceptors (Lipinski definition) is 5. The average Bonchev–Trinajstić information content (AvgIpc) is 2.82. The van der Waals surface area contributed by atoms with E-state index in [1.54, 1.807) is 19.1 Å². The smallest absolute Gasteiger partial charge is 0.247 e. The number of piperazine rings is 1. The van der Waals surface area contributed by atoms with E-state index < -0.39 is 15.6 Å². The molecule has 1 fully saturated rings. The van der Waals surface area contributed by atoms with Crippen molar-refractivity contribution < 1.29 is 22.7 Å². The molecule has 0 aromatic heterocycles. The number of nitrogens with one attached hydrogen (secondary N) is 1. The maximum atomic E-state index is 13.4. The molecule has 1 aliphatic heterocycles. The van der Waals surface area contributed by atoms with Crippen molar-refractivity contribution in [1.82, 2.24) is 14.5 Å². The largest absolute Gasteiger partial charge is 0.497 e. The van der Waals surface area contributed by atoms with Crippen molar-refractivity contribution in [2.45, 2.75) is 43.7 Å². The van der Waals surface area contributed by atoms with Crippen molar-refractivity contribution in [1.29, 1.82) is 0 Å². The molecule has 0 radical (unpaired) electrons. The quantitative estimate of drug-likeness (QED) is 0.603. The number of sulfonamides is 1. The van der Waals surface area contributed by atoms with E-state index >= 15 is 0 Å². The van der Waals surface area contributed by atoms with Gasteiger partial charge in [-0.15, -0.1) is 0 Å². The predicted molar refractivity (Wildman–Crippen MR) is 125 cm³/mol. The molecular formula is C24H31N3O5S. The van der Waals surface area contributed by atoms with Gasteiger partial charge in [0.15, 0.2) is 0 Å². The van der Waals surface area contributed by atoms with Crippen molar-refractivity contribution in [2.24, 2.45) is 0 Å². The number of ether oxygens (including phenoxy) is 1. The minimum atomic E-state index is -3.99. The second kappa shape index (κ2) is 10.4. The molecule has 2 aromatic rings. The highest BCUT2D eigenvalue weighted by molar-refractivity contribution is 7.89. The number of nitrogens with zero attached hydrogens (tertiary/aromatic N) is 2. The molecule has 8 nitrogen and oxygen atoms in total. The van der Waals surface area contributed by atoms with E-state index in [1.165, 1.54) is 24.1 Å². The van der Waals surface area contributed by atoms with Gasteiger partial charge >= 0.3 is 0 Å². The molecule has 178 valence electrons. The van der Waals surface area contributed by atoms with E-state index in [2.05, 4.69) is 5.32 Å². The molecule has 1 heterocycles. The Hall–Kier alpha value is -2.91. The average molecular weight is 474 g/mol. The molecule has 2 aromatic carbocycles. The third-order valence-corrected chi connectivity index (χ3v) is 7.72. The lowest BCUT2D eigenvalue weighted by Gasteiger charge is -2.46. The van der Waals surface area contributed by atoms with Crippen LogP contribution in [0.2, 0.25) is 0 Å². The van der Waals surface area contributed by atoms with Gasteiger partial charge < -0.3 is 15.0 Å². The molecule has 1 saturated heterocycles. The van der Waals surface area contributed by atoms with Gasteiger partial charge in [-0.2, -0.15) is 4.31 Å². The van der Waals surface area contributed by atoms with Crippen LogP contribution in [-0.4, -0.2) is 61.7 Å². The van der Waals surface area contributed by atoms with Gasteiger partial charge in [0.25, 0.3) is 0 Å². The molecule has 0 bridgehead atoms. The van der Waals surface area contributed by atoms with Gasteiger partial charge in [-0.05, 0) is 43.2 Å². The number of unbranched alkanes of at least 4 members (excludes halogenated alkanes) is 1. The van der Waals surface area contributed by atoms with Gasteiger partial charge in [0, 0.05) is 19.6 Å². The van der Waals surface area contributed by atoms with Crippen LogP contribution in [0.5, 0.6) is 5.75 Å². The molecule has 33 heavy (non-hydrogen) atoms. The molecule has 1 atom stereocenters. The van der Waals surface area contributed by atoms with Crippen LogP contribution in [-0.2, 0) is 26.2 Å². The van der Waals surface area contributed by atoms with Crippen LogP contribution in [0, 0.1) is 0 Å². The molecule has 1 N–H and O–H groups in total. The lowest BCUT2D eigenvalue weighted by molar-refractivity contribution is -0.152. The van der Waals surface area contributed by atoms with E-state index in [9.17, 15) is 18.0 Å². The SMILES string of the molecule is CCCCN1C(=O)CN(S(=O)(=O)c2ccc(OC)cc2)C[C@@]1(C)C(=O)NCc1ccccc1. The Morgan fingerprint density at radius 2 is 1.79 bits per heavy atom. The first-order chi connectivity index (χ1) is 15.7. The standard InChI is InChI=1S/C24H31N3O5S/c1-4-5-15-27-22(28)17-26(33(30,31)21-13-11-20(32-3)12-14-21)18-24(27,2)23(29)25-16-19-9-7-6-8-10-19/h6-14H,4-5,15-18H2,1-3H3,(H,25,29)/t24-/m0/s1. The third-order valence-electron chi connectivity index (χ3n) is 5.91. The van der Waals surface area contributed by atoms with Crippen LogP contribution in [0.15, 0.2) is 59.5 Å². The summed E-state index contributed by atoms with van der Waals surface area (Å²) in [5.74, 6) is -0.242. The van der Waals surface area contributed by atoms with Crippen molar-refractivity contribution >= 4 is 21.8 Å². The number of rotatable bonds is 9. The van der Waals surface area contributed by atoms with Crippen molar-refractivity contribution in [2.75, 3.05) is 26.7 Å². The summed E-state index contributed by atoms with van der Waals surface area (Å²) < 4.78 is 32.9. The van der Waals surface area contributed by atoms with E-state index in [4.69, 9.17) is 4.74 Å². The summed E-state index contributed by atoms with van der Waals surface area (Å²) >= 11 is 0. The molecule has 0 saturated carbocycles. The van der Waals surface area contributed by atoms with Gasteiger partial charge in [-0.3, -0.25) is 9.59 Å². The van der Waals surface area contributed by atoms with Crippen LogP contribution >= 0.6 is 0 Å². The third kappa shape index (κ3) is 5.36. The number of amides is 2. The highest BCUT2D eigenvalue weighted by atomic mass is 32.2. The van der Waals surface area contributed by atoms with E-state index in [-0.39, 0.29) is 36.3 Å². The van der Waals surface area contributed by atoms with Gasteiger partial charge in [0.05, 0.1) is 18.6 Å². The summed E-state index contributed by atoms with van der Waals surface area (Å²) in [5, 5.41) is 2.89. The van der Waals surface area contributed by atoms with Crippen LogP contribution in [0.3, 0.4) is 0 Å². The van der Waals surface area contributed by atoms with Crippen molar-refractivity contribution in [3.8, 4) is 5.75 Å². The zero-order valence-electron chi connectivity index (χ0n) is 19.3. The van der Waals surface area contributed by atoms with E-state index in [1.807, 2.05) is 37.3 Å². The Kier molecular flexibility index (Phi) is 7.76. The number of hydrogen-bond donors (Lipinski definition) is 1. The summed E-state index contributed by atoms with van der Waals surface area (Å²) in [5.41, 5.74) is -0.418. The van der Waals surface area contributed by atoms with Gasteiger partial charge in [-0.1, -0.05) is 43.7 Å². The Morgan fingerprint density at radius 3 is 2.39 bits per heavy atom. The molecule has 2 amide bonds. The highest BCUT2D eigenvalue weighted by Crippen LogP contribution is 2.29. The first-order valence-corrected chi connectivity index (χ1v) is 12.4. The summed E-state index contributed by atoms with van der Waals surface area (Å²) in [6, 6.07) is 15.4. The first-order valence-electron chi connectivity index (χ1n) is 11.0. The van der Waals surface area contributed by atoms with Crippen LogP contribution in [0.4, 0.5) is 0 Å². The molecular weight excluding hydrogens is 442 g/mol. The number of benzene rings is 2. The van der Waals surface area contributed by atoms with E-state index in [0.29, 0.717) is 12.3 Å². The van der Waals surface area contributed by atoms with Gasteiger partial charge in [0.2, 0.25) is 21.8 Å². The minimum Gasteiger partial charge on any atom is -0.497 e. The van der Waals surface area contributed by atoms with Crippen LogP contribution < -0.4 is 10.1 Å². The van der Waals surface area contributed by atoms with E-state index in [0.717, 1.165) is 22.7 Å². The predicted octanol–water partition coefficient (Wildman–Crippen LogP) is 2.40. The fourth-order valence-electron chi connectivity index (χ4n) is 3.91. The van der Waals surface area contributed by atoms with Crippen LogP contribution in [0.25, 0.3) is 0 Å². The summed E-state index contributed by atoms with van der Waals surface area (Å²) in [4.78, 5) is 28.0. The Bertz CT molecular complexity index is 1070. The second-order valence-corrected chi connectivity index (χ2v) is 10.2. The van der Waals surface area contributed by atoms with Gasteiger partial charge in [-0.25, -0.2) is 8.42 Å². The van der Waals surface area contributed by atoms with Crippen molar-refractivity contribution in [3.05, 3.63) is 60.2 Å².